The second-order valence-corrected chi connectivity index (χ2v) is 9.22. The van der Waals surface area contributed by atoms with Crippen LogP contribution >= 0.6 is 0 Å². The van der Waals surface area contributed by atoms with Crippen LogP contribution in [0.3, 0.4) is 0 Å². The van der Waals surface area contributed by atoms with Gasteiger partial charge in [0.25, 0.3) is 0 Å². The Morgan fingerprint density at radius 3 is 2.00 bits per heavy atom. The number of hydrogen-bond acceptors (Lipinski definition) is 2. The second-order valence-electron chi connectivity index (χ2n) is 9.22. The van der Waals surface area contributed by atoms with Crippen LogP contribution in [0.4, 0.5) is 0 Å². The average Bonchev–Trinajstić information content (AvgIpc) is 2.70. The molecule has 4 atom stereocenters. The Labute approximate surface area is 164 Å². The third-order valence-electron chi connectivity index (χ3n) is 7.50. The fourth-order valence-electron chi connectivity index (χ4n) is 5.61. The number of hydrogen-bond donors (Lipinski definition) is 2. The minimum atomic E-state index is 0.255. The lowest BCUT2D eigenvalue weighted by molar-refractivity contribution is -0.114. The van der Waals surface area contributed by atoms with Crippen molar-refractivity contribution >= 4 is 0 Å². The lowest BCUT2D eigenvalue weighted by atomic mass is 9.45. The summed E-state index contributed by atoms with van der Waals surface area (Å²) in [7, 11) is 0. The van der Waals surface area contributed by atoms with E-state index < -0.39 is 0 Å². The van der Waals surface area contributed by atoms with E-state index in [1.807, 2.05) is 0 Å². The van der Waals surface area contributed by atoms with Gasteiger partial charge in [0.2, 0.25) is 0 Å². The van der Waals surface area contributed by atoms with Crippen LogP contribution < -0.4 is 10.6 Å². The number of nitrogens with one attached hydrogen (secondary N) is 2. The minimum Gasteiger partial charge on any atom is -0.312 e. The summed E-state index contributed by atoms with van der Waals surface area (Å²) in [5.41, 5.74) is 3.23. The van der Waals surface area contributed by atoms with Crippen molar-refractivity contribution in [1.82, 2.24) is 10.6 Å². The Bertz CT molecular complexity index is 685. The molecule has 3 aliphatic rings. The van der Waals surface area contributed by atoms with Gasteiger partial charge in [0, 0.05) is 19.1 Å². The molecular formula is C25H34N2. The summed E-state index contributed by atoms with van der Waals surface area (Å²) < 4.78 is 0. The molecule has 5 rings (SSSR count). The van der Waals surface area contributed by atoms with Crippen molar-refractivity contribution in [2.75, 3.05) is 13.1 Å². The van der Waals surface area contributed by atoms with Gasteiger partial charge in [-0.1, -0.05) is 81.4 Å². The monoisotopic (exact) mass is 362 g/mol. The molecule has 144 valence electrons. The van der Waals surface area contributed by atoms with Crippen molar-refractivity contribution < 1.29 is 0 Å². The van der Waals surface area contributed by atoms with Crippen LogP contribution in [0, 0.1) is 23.2 Å². The maximum atomic E-state index is 3.87. The minimum absolute atomic E-state index is 0.255. The van der Waals surface area contributed by atoms with E-state index in [4.69, 9.17) is 0 Å². The first-order chi connectivity index (χ1) is 13.1. The van der Waals surface area contributed by atoms with Crippen molar-refractivity contribution in [3.05, 3.63) is 71.8 Å². The lowest BCUT2D eigenvalue weighted by Gasteiger charge is -2.62. The summed E-state index contributed by atoms with van der Waals surface area (Å²) in [5.74, 6) is 2.62. The average molecular weight is 363 g/mol. The molecule has 3 aliphatic carbocycles. The highest BCUT2D eigenvalue weighted by Crippen LogP contribution is 2.61. The number of fused-ring (bicyclic) bond motifs is 2. The van der Waals surface area contributed by atoms with Gasteiger partial charge < -0.3 is 10.6 Å². The molecule has 0 radical (unpaired) electrons. The van der Waals surface area contributed by atoms with Gasteiger partial charge in [0.05, 0.1) is 6.04 Å². The summed E-state index contributed by atoms with van der Waals surface area (Å²) in [4.78, 5) is 0. The third kappa shape index (κ3) is 3.70. The highest BCUT2D eigenvalue weighted by atomic mass is 15.0. The lowest BCUT2D eigenvalue weighted by Crippen LogP contribution is -2.60. The molecule has 0 spiro atoms. The van der Waals surface area contributed by atoms with E-state index in [1.54, 1.807) is 0 Å². The maximum Gasteiger partial charge on any atom is 0.0577 e. The predicted molar refractivity (Wildman–Crippen MR) is 114 cm³/mol. The molecule has 3 saturated carbocycles. The van der Waals surface area contributed by atoms with Gasteiger partial charge in [0.1, 0.15) is 0 Å². The highest BCUT2D eigenvalue weighted by molar-refractivity contribution is 5.31. The fourth-order valence-corrected chi connectivity index (χ4v) is 5.61. The molecule has 2 N–H and O–H groups in total. The Hall–Kier alpha value is -1.64. The number of rotatable bonds is 7. The van der Waals surface area contributed by atoms with Gasteiger partial charge >= 0.3 is 0 Å². The topological polar surface area (TPSA) is 24.1 Å². The Morgan fingerprint density at radius 2 is 1.48 bits per heavy atom. The van der Waals surface area contributed by atoms with Crippen LogP contribution in [0.1, 0.15) is 50.8 Å². The molecule has 27 heavy (non-hydrogen) atoms. The van der Waals surface area contributed by atoms with Crippen LogP contribution in [-0.4, -0.2) is 19.1 Å². The third-order valence-corrected chi connectivity index (χ3v) is 7.50. The van der Waals surface area contributed by atoms with Crippen molar-refractivity contribution in [3.8, 4) is 0 Å². The maximum absolute atomic E-state index is 3.87. The molecule has 0 aliphatic heterocycles. The van der Waals surface area contributed by atoms with Gasteiger partial charge in [0.15, 0.2) is 0 Å². The first-order valence-electron chi connectivity index (χ1n) is 10.6. The van der Waals surface area contributed by atoms with Gasteiger partial charge in [-0.2, -0.15) is 0 Å². The molecule has 2 heteroatoms. The summed E-state index contributed by atoms with van der Waals surface area (Å²) in [6, 6.07) is 22.5. The zero-order chi connectivity index (χ0) is 18.9. The first-order valence-corrected chi connectivity index (χ1v) is 10.6. The SMILES string of the molecule is C[C@@H]1C2C[C@H](C[C@H]1NCCNC(c1ccccc1)c1ccccc1)C2(C)C. The summed E-state index contributed by atoms with van der Waals surface area (Å²) in [5, 5.41) is 7.65. The van der Waals surface area contributed by atoms with E-state index in [0.29, 0.717) is 11.5 Å². The molecule has 3 fully saturated rings. The predicted octanol–water partition coefficient (Wildman–Crippen LogP) is 5.03. The van der Waals surface area contributed by atoms with Crippen molar-refractivity contribution in [2.24, 2.45) is 23.2 Å². The Morgan fingerprint density at radius 1 is 0.889 bits per heavy atom. The zero-order valence-electron chi connectivity index (χ0n) is 17.0. The van der Waals surface area contributed by atoms with E-state index in [9.17, 15) is 0 Å². The quantitative estimate of drug-likeness (QED) is 0.675. The van der Waals surface area contributed by atoms with E-state index >= 15 is 0 Å². The van der Waals surface area contributed by atoms with E-state index in [0.717, 1.165) is 30.8 Å². The molecule has 2 bridgehead atoms. The highest BCUT2D eigenvalue weighted by Gasteiger charge is 2.55. The van der Waals surface area contributed by atoms with Crippen molar-refractivity contribution in [3.63, 3.8) is 0 Å². The van der Waals surface area contributed by atoms with E-state index in [2.05, 4.69) is 92.1 Å². The molecule has 0 saturated heterocycles. The van der Waals surface area contributed by atoms with Crippen molar-refractivity contribution in [1.29, 1.82) is 0 Å². The molecule has 2 nitrogen and oxygen atoms in total. The van der Waals surface area contributed by atoms with Gasteiger partial charge in [-0.15, -0.1) is 0 Å². The van der Waals surface area contributed by atoms with Gasteiger partial charge in [-0.05, 0) is 47.1 Å². The van der Waals surface area contributed by atoms with Gasteiger partial charge in [-0.25, -0.2) is 0 Å². The molecule has 2 aromatic rings. The van der Waals surface area contributed by atoms with Crippen LogP contribution in [0.5, 0.6) is 0 Å². The molecule has 0 aromatic heterocycles. The molecular weight excluding hydrogens is 328 g/mol. The van der Waals surface area contributed by atoms with E-state index in [1.165, 1.54) is 24.0 Å². The van der Waals surface area contributed by atoms with Crippen LogP contribution in [-0.2, 0) is 0 Å². The largest absolute Gasteiger partial charge is 0.312 e. The summed E-state index contributed by atoms with van der Waals surface area (Å²) in [6.07, 6.45) is 2.81. The Kier molecular flexibility index (Phi) is 5.39. The smallest absolute Gasteiger partial charge is 0.0577 e. The molecule has 0 heterocycles. The molecule has 2 aromatic carbocycles. The van der Waals surface area contributed by atoms with Gasteiger partial charge in [-0.3, -0.25) is 0 Å². The normalized spacial score (nSPS) is 28.7. The Balaban J connectivity index is 1.33. The zero-order valence-corrected chi connectivity index (χ0v) is 17.0. The second kappa shape index (κ2) is 7.77. The van der Waals surface area contributed by atoms with Crippen LogP contribution in [0.25, 0.3) is 0 Å². The first kappa shape index (κ1) is 18.7. The summed E-state index contributed by atoms with van der Waals surface area (Å²) >= 11 is 0. The molecule has 0 amide bonds. The standard InChI is InChI=1S/C25H34N2/c1-18-22-16-21(25(22,2)3)17-23(18)26-14-15-27-24(19-10-6-4-7-11-19)20-12-8-5-9-13-20/h4-13,18,21-24,26-27H,14-17H2,1-3H3/t18-,21-,22?,23-/m1/s1. The van der Waals surface area contributed by atoms with Crippen LogP contribution in [0.15, 0.2) is 60.7 Å². The van der Waals surface area contributed by atoms with Crippen LogP contribution in [0.2, 0.25) is 0 Å². The fraction of sp³-hybridized carbons (Fsp3) is 0.520. The summed E-state index contributed by atoms with van der Waals surface area (Å²) in [6.45, 7) is 9.43. The molecule has 1 unspecified atom stereocenters. The van der Waals surface area contributed by atoms with E-state index in [-0.39, 0.29) is 6.04 Å². The van der Waals surface area contributed by atoms with Crippen molar-refractivity contribution in [2.45, 2.75) is 45.7 Å². The number of benzene rings is 2.